The molecule has 5 heteroatoms. The molecule has 3 N–H and O–H groups in total. The molecule has 0 aliphatic carbocycles. The first-order chi connectivity index (χ1) is 9.47. The highest BCUT2D eigenvalue weighted by Gasteiger charge is 2.13. The second-order valence-electron chi connectivity index (χ2n) is 5.38. The van der Waals surface area contributed by atoms with Gasteiger partial charge in [0.2, 0.25) is 0 Å². The molecule has 0 fully saturated rings. The van der Waals surface area contributed by atoms with Gasteiger partial charge in [-0.05, 0) is 30.5 Å². The van der Waals surface area contributed by atoms with E-state index < -0.39 is 6.10 Å². The van der Waals surface area contributed by atoms with E-state index >= 15 is 0 Å². The molecule has 1 heterocycles. The molecule has 0 saturated heterocycles. The predicted octanol–water partition coefficient (Wildman–Crippen LogP) is 2.44. The number of aliphatic hydroxyl groups excluding tert-OH is 1. The summed E-state index contributed by atoms with van der Waals surface area (Å²) in [6.45, 7) is 4.20. The summed E-state index contributed by atoms with van der Waals surface area (Å²) < 4.78 is 13.5. The van der Waals surface area contributed by atoms with E-state index in [1.54, 1.807) is 12.1 Å². The summed E-state index contributed by atoms with van der Waals surface area (Å²) in [5.41, 5.74) is 0.875. The minimum Gasteiger partial charge on any atom is -0.391 e. The number of amides is 1. The molecule has 0 radical (unpaired) electrons. The fourth-order valence-electron chi connectivity index (χ4n) is 2.17. The Bertz CT molecular complexity index is 607. The maximum Gasteiger partial charge on any atom is 0.267 e. The Morgan fingerprint density at radius 1 is 1.45 bits per heavy atom. The van der Waals surface area contributed by atoms with Crippen molar-refractivity contribution in [3.8, 4) is 0 Å². The van der Waals surface area contributed by atoms with Crippen LogP contribution in [-0.2, 0) is 0 Å². The van der Waals surface area contributed by atoms with Gasteiger partial charge in [0.25, 0.3) is 5.91 Å². The van der Waals surface area contributed by atoms with Gasteiger partial charge < -0.3 is 15.4 Å². The Balaban J connectivity index is 2.03. The average molecular weight is 278 g/mol. The molecular weight excluding hydrogens is 259 g/mol. The van der Waals surface area contributed by atoms with Gasteiger partial charge in [-0.2, -0.15) is 0 Å². The van der Waals surface area contributed by atoms with E-state index in [9.17, 15) is 14.3 Å². The van der Waals surface area contributed by atoms with Gasteiger partial charge >= 0.3 is 0 Å². The second kappa shape index (κ2) is 6.05. The molecule has 0 aliphatic heterocycles. The zero-order valence-electron chi connectivity index (χ0n) is 11.6. The summed E-state index contributed by atoms with van der Waals surface area (Å²) in [7, 11) is 0. The van der Waals surface area contributed by atoms with Crippen molar-refractivity contribution in [3.05, 3.63) is 35.8 Å². The number of halogens is 1. The van der Waals surface area contributed by atoms with Crippen molar-refractivity contribution in [2.45, 2.75) is 26.4 Å². The molecular formula is C15H19FN2O2. The van der Waals surface area contributed by atoms with E-state index in [1.807, 2.05) is 13.8 Å². The zero-order valence-corrected chi connectivity index (χ0v) is 11.6. The van der Waals surface area contributed by atoms with Gasteiger partial charge in [-0.1, -0.05) is 19.9 Å². The normalized spacial score (nSPS) is 12.8. The van der Waals surface area contributed by atoms with Gasteiger partial charge in [-0.3, -0.25) is 4.79 Å². The average Bonchev–Trinajstić information content (AvgIpc) is 2.80. The third-order valence-corrected chi connectivity index (χ3v) is 3.10. The molecule has 0 aliphatic rings. The van der Waals surface area contributed by atoms with E-state index in [0.29, 0.717) is 28.9 Å². The summed E-state index contributed by atoms with van der Waals surface area (Å²) in [5, 5.41) is 12.7. The molecule has 1 aromatic heterocycles. The quantitative estimate of drug-likeness (QED) is 0.786. The van der Waals surface area contributed by atoms with Gasteiger partial charge in [-0.15, -0.1) is 0 Å². The number of aromatic amines is 1. The van der Waals surface area contributed by atoms with Crippen LogP contribution < -0.4 is 5.32 Å². The summed E-state index contributed by atoms with van der Waals surface area (Å²) >= 11 is 0. The first-order valence-corrected chi connectivity index (χ1v) is 6.71. The van der Waals surface area contributed by atoms with Crippen LogP contribution in [0.25, 0.3) is 10.9 Å². The highest BCUT2D eigenvalue weighted by Crippen LogP contribution is 2.18. The molecule has 0 saturated carbocycles. The molecule has 108 valence electrons. The number of hydrogen-bond donors (Lipinski definition) is 3. The van der Waals surface area contributed by atoms with Crippen LogP contribution in [0.4, 0.5) is 4.39 Å². The van der Waals surface area contributed by atoms with E-state index in [2.05, 4.69) is 10.3 Å². The van der Waals surface area contributed by atoms with Gasteiger partial charge in [-0.25, -0.2) is 4.39 Å². The van der Waals surface area contributed by atoms with Crippen molar-refractivity contribution < 1.29 is 14.3 Å². The number of carbonyl (C=O) groups is 1. The fourth-order valence-corrected chi connectivity index (χ4v) is 2.17. The Morgan fingerprint density at radius 3 is 2.85 bits per heavy atom. The van der Waals surface area contributed by atoms with Gasteiger partial charge in [0.15, 0.2) is 0 Å². The first kappa shape index (κ1) is 14.5. The smallest absolute Gasteiger partial charge is 0.267 e. The SMILES string of the molecule is CC(C)CC(O)CNC(=O)c1cc2c(F)cccc2[nH]1. The van der Waals surface area contributed by atoms with Crippen molar-refractivity contribution in [1.29, 1.82) is 0 Å². The maximum atomic E-state index is 13.5. The zero-order chi connectivity index (χ0) is 14.7. The summed E-state index contributed by atoms with van der Waals surface area (Å²) in [6.07, 6.45) is 0.0572. The molecule has 1 atom stereocenters. The number of nitrogens with one attached hydrogen (secondary N) is 2. The fraction of sp³-hybridized carbons (Fsp3) is 0.400. The summed E-state index contributed by atoms with van der Waals surface area (Å²) in [6, 6.07) is 6.13. The minimum absolute atomic E-state index is 0.189. The molecule has 4 nitrogen and oxygen atoms in total. The number of hydrogen-bond acceptors (Lipinski definition) is 2. The number of aromatic nitrogens is 1. The number of rotatable bonds is 5. The van der Waals surface area contributed by atoms with Crippen molar-refractivity contribution in [2.24, 2.45) is 5.92 Å². The number of fused-ring (bicyclic) bond motifs is 1. The Morgan fingerprint density at radius 2 is 2.20 bits per heavy atom. The van der Waals surface area contributed by atoms with Crippen LogP contribution >= 0.6 is 0 Å². The molecule has 0 spiro atoms. The van der Waals surface area contributed by atoms with Crippen LogP contribution in [-0.4, -0.2) is 28.6 Å². The number of H-pyrrole nitrogens is 1. The van der Waals surface area contributed by atoms with Crippen LogP contribution in [0.5, 0.6) is 0 Å². The van der Waals surface area contributed by atoms with Gasteiger partial charge in [0.1, 0.15) is 11.5 Å². The van der Waals surface area contributed by atoms with Crippen LogP contribution in [0.1, 0.15) is 30.8 Å². The molecule has 2 aromatic rings. The van der Waals surface area contributed by atoms with E-state index in [4.69, 9.17) is 0 Å². The topological polar surface area (TPSA) is 65.1 Å². The number of benzene rings is 1. The second-order valence-corrected chi connectivity index (χ2v) is 5.38. The molecule has 1 unspecified atom stereocenters. The highest BCUT2D eigenvalue weighted by atomic mass is 19.1. The van der Waals surface area contributed by atoms with Crippen LogP contribution in [0, 0.1) is 11.7 Å². The van der Waals surface area contributed by atoms with E-state index in [0.717, 1.165) is 0 Å². The highest BCUT2D eigenvalue weighted by molar-refractivity contribution is 5.98. The van der Waals surface area contributed by atoms with Crippen LogP contribution in [0.2, 0.25) is 0 Å². The number of carbonyl (C=O) groups excluding carboxylic acids is 1. The third-order valence-electron chi connectivity index (χ3n) is 3.10. The number of aliphatic hydroxyl groups is 1. The predicted molar refractivity (Wildman–Crippen MR) is 76.1 cm³/mol. The van der Waals surface area contributed by atoms with E-state index in [1.165, 1.54) is 12.1 Å². The van der Waals surface area contributed by atoms with Crippen molar-refractivity contribution in [2.75, 3.05) is 6.54 Å². The lowest BCUT2D eigenvalue weighted by Gasteiger charge is -2.13. The lowest BCUT2D eigenvalue weighted by Crippen LogP contribution is -2.32. The van der Waals surface area contributed by atoms with Crippen molar-refractivity contribution in [3.63, 3.8) is 0 Å². The Hall–Kier alpha value is -1.88. The van der Waals surface area contributed by atoms with Crippen LogP contribution in [0.3, 0.4) is 0 Å². The Labute approximate surface area is 117 Å². The minimum atomic E-state index is -0.569. The molecule has 0 bridgehead atoms. The lowest BCUT2D eigenvalue weighted by molar-refractivity contribution is 0.0896. The van der Waals surface area contributed by atoms with Crippen molar-refractivity contribution >= 4 is 16.8 Å². The lowest BCUT2D eigenvalue weighted by atomic mass is 10.1. The molecule has 1 aromatic carbocycles. The third kappa shape index (κ3) is 3.36. The van der Waals surface area contributed by atoms with Gasteiger partial charge in [0, 0.05) is 17.4 Å². The molecule has 20 heavy (non-hydrogen) atoms. The summed E-state index contributed by atoms with van der Waals surface area (Å²) in [5.74, 6) is -0.342. The Kier molecular flexibility index (Phi) is 4.39. The largest absolute Gasteiger partial charge is 0.391 e. The molecule has 1 amide bonds. The maximum absolute atomic E-state index is 13.5. The summed E-state index contributed by atoms with van der Waals surface area (Å²) in [4.78, 5) is 14.8. The standard InChI is InChI=1S/C15H19FN2O2/c1-9(2)6-10(19)8-17-15(20)14-7-11-12(16)4-3-5-13(11)18-14/h3-5,7,9-10,18-19H,6,8H2,1-2H3,(H,17,20). The first-order valence-electron chi connectivity index (χ1n) is 6.71. The molecule has 2 rings (SSSR count). The van der Waals surface area contributed by atoms with Crippen LogP contribution in [0.15, 0.2) is 24.3 Å². The van der Waals surface area contributed by atoms with Gasteiger partial charge in [0.05, 0.1) is 6.10 Å². The van der Waals surface area contributed by atoms with Crippen molar-refractivity contribution in [1.82, 2.24) is 10.3 Å². The van der Waals surface area contributed by atoms with E-state index in [-0.39, 0.29) is 18.3 Å². The monoisotopic (exact) mass is 278 g/mol.